The van der Waals surface area contributed by atoms with Crippen molar-refractivity contribution in [2.24, 2.45) is 5.73 Å². The fourth-order valence-corrected chi connectivity index (χ4v) is 4.64. The van der Waals surface area contributed by atoms with Gasteiger partial charge in [0, 0.05) is 29.2 Å². The maximum Gasteiger partial charge on any atom is 0.335 e. The van der Waals surface area contributed by atoms with Gasteiger partial charge in [-0.1, -0.05) is 48.5 Å². The number of aromatic carboxylic acids is 1. The van der Waals surface area contributed by atoms with Gasteiger partial charge in [0.15, 0.2) is 6.29 Å². The highest BCUT2D eigenvalue weighted by Crippen LogP contribution is 2.39. The van der Waals surface area contributed by atoms with Crippen LogP contribution in [0, 0.1) is 0 Å². The molecule has 33 heavy (non-hydrogen) atoms. The number of rotatable bonds is 8. The minimum atomic E-state index is -0.933. The van der Waals surface area contributed by atoms with Crippen LogP contribution in [0.1, 0.15) is 51.4 Å². The summed E-state index contributed by atoms with van der Waals surface area (Å²) in [6.07, 6.45) is -0.0286. The van der Waals surface area contributed by atoms with Gasteiger partial charge in [-0.05, 0) is 41.0 Å². The zero-order chi connectivity index (χ0) is 23.2. The molecular weight excluding hydrogens is 438 g/mol. The Hall–Kier alpha value is -2.68. The molecule has 0 amide bonds. The topological polar surface area (TPSA) is 102 Å². The molecule has 3 aromatic rings. The zero-order valence-corrected chi connectivity index (χ0v) is 18.9. The van der Waals surface area contributed by atoms with Crippen molar-refractivity contribution in [3.05, 3.63) is 101 Å². The minimum absolute atomic E-state index is 0.00493. The standard InChI is InChI=1S/C26H27NO5S/c27-14-17-1-7-21(8-2-17)26-31-22(16-33-23-11-9-20(10-12-23)25(29)30)13-24(32-26)19-5-3-18(15-28)4-6-19/h1-12,22,24,26,28H,13-16,27H2,(H,29,30)/t22-,24+,26?/m0/s1. The Labute approximate surface area is 197 Å². The predicted molar refractivity (Wildman–Crippen MR) is 127 cm³/mol. The average molecular weight is 466 g/mol. The Balaban J connectivity index is 1.50. The lowest BCUT2D eigenvalue weighted by atomic mass is 10.0. The highest BCUT2D eigenvalue weighted by molar-refractivity contribution is 7.99. The summed E-state index contributed by atoms with van der Waals surface area (Å²) in [5.41, 5.74) is 9.88. The third kappa shape index (κ3) is 6.01. The SMILES string of the molecule is NCc1ccc(C2O[C@H](CSc3ccc(C(=O)O)cc3)C[C@H](c3ccc(CO)cc3)O2)cc1. The van der Waals surface area contributed by atoms with Gasteiger partial charge in [-0.2, -0.15) is 0 Å². The van der Waals surface area contributed by atoms with Crippen LogP contribution in [-0.2, 0) is 22.6 Å². The number of nitrogens with two attached hydrogens (primary N) is 1. The van der Waals surface area contributed by atoms with Gasteiger partial charge in [0.2, 0.25) is 0 Å². The van der Waals surface area contributed by atoms with E-state index >= 15 is 0 Å². The molecule has 4 N–H and O–H groups in total. The van der Waals surface area contributed by atoms with Crippen molar-refractivity contribution in [1.29, 1.82) is 0 Å². The normalized spacial score (nSPS) is 20.5. The van der Waals surface area contributed by atoms with Gasteiger partial charge in [-0.15, -0.1) is 11.8 Å². The van der Waals surface area contributed by atoms with Crippen LogP contribution in [0.15, 0.2) is 77.7 Å². The summed E-state index contributed by atoms with van der Waals surface area (Å²) in [7, 11) is 0. The molecule has 3 atom stereocenters. The molecule has 1 aliphatic heterocycles. The molecule has 0 bridgehead atoms. The summed E-state index contributed by atoms with van der Waals surface area (Å²) in [4.78, 5) is 12.1. The van der Waals surface area contributed by atoms with E-state index in [-0.39, 0.29) is 24.4 Å². The number of benzene rings is 3. The van der Waals surface area contributed by atoms with Crippen LogP contribution in [0.2, 0.25) is 0 Å². The highest BCUT2D eigenvalue weighted by atomic mass is 32.2. The zero-order valence-electron chi connectivity index (χ0n) is 18.1. The first kappa shape index (κ1) is 23.5. The number of aliphatic hydroxyl groups is 1. The number of aliphatic hydroxyl groups excluding tert-OH is 1. The third-order valence-electron chi connectivity index (χ3n) is 5.64. The number of thioether (sulfide) groups is 1. The van der Waals surface area contributed by atoms with Crippen LogP contribution >= 0.6 is 11.8 Å². The van der Waals surface area contributed by atoms with Crippen LogP contribution in [0.25, 0.3) is 0 Å². The van der Waals surface area contributed by atoms with Crippen molar-refractivity contribution >= 4 is 17.7 Å². The van der Waals surface area contributed by atoms with Crippen LogP contribution in [-0.4, -0.2) is 28.0 Å². The average Bonchev–Trinajstić information content (AvgIpc) is 2.87. The highest BCUT2D eigenvalue weighted by Gasteiger charge is 2.32. The lowest BCUT2D eigenvalue weighted by molar-refractivity contribution is -0.245. The first-order valence-electron chi connectivity index (χ1n) is 10.8. The smallest absolute Gasteiger partial charge is 0.335 e. The van der Waals surface area contributed by atoms with Crippen molar-refractivity contribution in [2.75, 3.05) is 5.75 Å². The molecule has 0 radical (unpaired) electrons. The molecule has 1 saturated heterocycles. The molecular formula is C26H27NO5S. The molecule has 1 unspecified atom stereocenters. The van der Waals surface area contributed by atoms with Gasteiger partial charge in [0.1, 0.15) is 0 Å². The van der Waals surface area contributed by atoms with E-state index in [0.29, 0.717) is 18.7 Å². The van der Waals surface area contributed by atoms with E-state index in [1.165, 1.54) is 0 Å². The second kappa shape index (κ2) is 11.0. The molecule has 1 fully saturated rings. The lowest BCUT2D eigenvalue weighted by Crippen LogP contribution is -2.31. The second-order valence-electron chi connectivity index (χ2n) is 7.94. The van der Waals surface area contributed by atoms with E-state index in [1.807, 2.05) is 60.7 Å². The second-order valence-corrected chi connectivity index (χ2v) is 9.03. The Morgan fingerprint density at radius 3 is 2.15 bits per heavy atom. The summed E-state index contributed by atoms with van der Waals surface area (Å²) < 4.78 is 12.7. The van der Waals surface area contributed by atoms with Crippen molar-refractivity contribution in [1.82, 2.24) is 0 Å². The molecule has 7 heteroatoms. The molecule has 1 heterocycles. The summed E-state index contributed by atoms with van der Waals surface area (Å²) >= 11 is 1.63. The number of carbonyl (C=O) groups is 1. The molecule has 0 aromatic heterocycles. The van der Waals surface area contributed by atoms with Crippen LogP contribution in [0.3, 0.4) is 0 Å². The summed E-state index contributed by atoms with van der Waals surface area (Å²) in [5, 5.41) is 18.4. The van der Waals surface area contributed by atoms with Gasteiger partial charge in [-0.25, -0.2) is 4.79 Å². The fraction of sp³-hybridized carbons (Fsp3) is 0.269. The molecule has 0 spiro atoms. The van der Waals surface area contributed by atoms with E-state index < -0.39 is 12.3 Å². The van der Waals surface area contributed by atoms with Gasteiger partial charge in [0.05, 0.1) is 24.4 Å². The Morgan fingerprint density at radius 1 is 0.909 bits per heavy atom. The quantitative estimate of drug-likeness (QED) is 0.415. The number of carboxylic acids is 1. The number of hydrogen-bond donors (Lipinski definition) is 3. The van der Waals surface area contributed by atoms with Gasteiger partial charge >= 0.3 is 5.97 Å². The monoisotopic (exact) mass is 465 g/mol. The fourth-order valence-electron chi connectivity index (χ4n) is 3.72. The minimum Gasteiger partial charge on any atom is -0.478 e. The maximum atomic E-state index is 11.1. The number of ether oxygens (including phenoxy) is 2. The first-order valence-corrected chi connectivity index (χ1v) is 11.8. The molecule has 1 aliphatic rings. The number of carboxylic acid groups (broad SMARTS) is 1. The van der Waals surface area contributed by atoms with Gasteiger partial charge in [-0.3, -0.25) is 0 Å². The van der Waals surface area contributed by atoms with Gasteiger partial charge in [0.25, 0.3) is 0 Å². The molecule has 172 valence electrons. The van der Waals surface area contributed by atoms with Crippen LogP contribution in [0.4, 0.5) is 0 Å². The van der Waals surface area contributed by atoms with E-state index in [9.17, 15) is 9.90 Å². The number of hydrogen-bond acceptors (Lipinski definition) is 6. The van der Waals surface area contributed by atoms with E-state index in [2.05, 4.69) is 0 Å². The summed E-state index contributed by atoms with van der Waals surface area (Å²) in [6.45, 7) is 0.484. The largest absolute Gasteiger partial charge is 0.478 e. The van der Waals surface area contributed by atoms with Crippen molar-refractivity contribution < 1.29 is 24.5 Å². The molecule has 4 rings (SSSR count). The van der Waals surface area contributed by atoms with E-state index in [4.69, 9.17) is 20.3 Å². The molecule has 0 saturated carbocycles. The lowest BCUT2D eigenvalue weighted by Gasteiger charge is -2.36. The maximum absolute atomic E-state index is 11.1. The van der Waals surface area contributed by atoms with Crippen molar-refractivity contribution in [3.63, 3.8) is 0 Å². The Kier molecular flexibility index (Phi) is 7.80. The summed E-state index contributed by atoms with van der Waals surface area (Å²) in [6, 6.07) is 22.6. The van der Waals surface area contributed by atoms with Crippen LogP contribution in [0.5, 0.6) is 0 Å². The Bertz CT molecular complexity index is 998. The summed E-state index contributed by atoms with van der Waals surface area (Å²) in [5.74, 6) is -0.226. The first-order chi connectivity index (χ1) is 16.1. The van der Waals surface area contributed by atoms with Crippen molar-refractivity contribution in [3.8, 4) is 0 Å². The van der Waals surface area contributed by atoms with Crippen LogP contribution < -0.4 is 5.73 Å². The predicted octanol–water partition coefficient (Wildman–Crippen LogP) is 4.67. The molecule has 6 nitrogen and oxygen atoms in total. The van der Waals surface area contributed by atoms with Crippen molar-refractivity contribution in [2.45, 2.75) is 43.0 Å². The van der Waals surface area contributed by atoms with E-state index in [0.717, 1.165) is 27.1 Å². The molecule has 0 aliphatic carbocycles. The van der Waals surface area contributed by atoms with E-state index in [1.54, 1.807) is 23.9 Å². The Morgan fingerprint density at radius 2 is 1.55 bits per heavy atom. The molecule has 3 aromatic carbocycles. The van der Waals surface area contributed by atoms with Gasteiger partial charge < -0.3 is 25.4 Å². The third-order valence-corrected chi connectivity index (χ3v) is 6.78.